The molecule has 36 heavy (non-hydrogen) atoms. The number of halogens is 3. The van der Waals surface area contributed by atoms with Gasteiger partial charge >= 0.3 is 18.2 Å². The number of benzene rings is 1. The molecule has 0 aliphatic heterocycles. The van der Waals surface area contributed by atoms with E-state index in [1.54, 1.807) is 13.2 Å². The largest absolute Gasteiger partial charge is 0.497 e. The van der Waals surface area contributed by atoms with E-state index in [1.165, 1.54) is 0 Å². The molecule has 0 spiro atoms. The van der Waals surface area contributed by atoms with Gasteiger partial charge in [0, 0.05) is 44.0 Å². The van der Waals surface area contributed by atoms with Crippen LogP contribution < -0.4 is 25.6 Å². The number of urea groups is 1. The molecule has 4 N–H and O–H groups in total. The molecule has 2 aromatic rings. The van der Waals surface area contributed by atoms with Crippen LogP contribution in [0.3, 0.4) is 0 Å². The zero-order valence-electron chi connectivity index (χ0n) is 20.5. The Morgan fingerprint density at radius 1 is 1.08 bits per heavy atom. The summed E-state index contributed by atoms with van der Waals surface area (Å²) < 4.78 is 36.9. The number of alkyl halides is 3. The fraction of sp³-hybridized carbons (Fsp3) is 0.478. The van der Waals surface area contributed by atoms with Gasteiger partial charge in [-0.05, 0) is 44.7 Å². The van der Waals surface area contributed by atoms with Crippen LogP contribution in [0.1, 0.15) is 31.5 Å². The summed E-state index contributed by atoms with van der Waals surface area (Å²) in [6.45, 7) is 1.90. The van der Waals surface area contributed by atoms with Crippen molar-refractivity contribution in [1.29, 1.82) is 0 Å². The number of nitrogens with zero attached hydrogens (tertiary/aromatic N) is 3. The van der Waals surface area contributed by atoms with Gasteiger partial charge in [-0.25, -0.2) is 19.6 Å². The maximum absolute atomic E-state index is 12.3. The van der Waals surface area contributed by atoms with E-state index in [2.05, 4.69) is 25.9 Å². The summed E-state index contributed by atoms with van der Waals surface area (Å²) in [5, 5.41) is 16.6. The zero-order valence-corrected chi connectivity index (χ0v) is 20.5. The second kappa shape index (κ2) is 12.8. The zero-order chi connectivity index (χ0) is 26.9. The van der Waals surface area contributed by atoms with E-state index in [-0.39, 0.29) is 12.1 Å². The van der Waals surface area contributed by atoms with Crippen LogP contribution in [-0.4, -0.2) is 66.5 Å². The first-order valence-corrected chi connectivity index (χ1v) is 11.2. The van der Waals surface area contributed by atoms with Crippen molar-refractivity contribution in [2.24, 2.45) is 0 Å². The number of carbonyl (C=O) groups is 2. The van der Waals surface area contributed by atoms with Gasteiger partial charge in [-0.3, -0.25) is 0 Å². The van der Waals surface area contributed by atoms with Gasteiger partial charge in [0.2, 0.25) is 0 Å². The molecular formula is C23H31F3N6O4. The van der Waals surface area contributed by atoms with Gasteiger partial charge in [-0.2, -0.15) is 13.2 Å². The number of carbonyl (C=O) groups excluding carboxylic acids is 1. The molecule has 0 unspecified atom stereocenters. The van der Waals surface area contributed by atoms with Gasteiger partial charge in [0.05, 0.1) is 7.11 Å². The van der Waals surface area contributed by atoms with Crippen molar-refractivity contribution in [3.8, 4) is 5.75 Å². The Morgan fingerprint density at radius 2 is 1.69 bits per heavy atom. The highest BCUT2D eigenvalue weighted by molar-refractivity contribution is 5.89. The third-order valence-electron chi connectivity index (χ3n) is 5.27. The molecule has 13 heteroatoms. The summed E-state index contributed by atoms with van der Waals surface area (Å²) in [7, 11) is 5.55. The van der Waals surface area contributed by atoms with Crippen LogP contribution in [0.25, 0.3) is 0 Å². The van der Waals surface area contributed by atoms with E-state index in [0.717, 1.165) is 43.1 Å². The SMILES string of the molecule is COc1cccc(NC(=O)NC2CCC(Nc3cc(N(C)C)nc(C)n3)CC2)c1.O=C(O)C(F)(F)F. The van der Waals surface area contributed by atoms with Crippen molar-refractivity contribution in [3.63, 3.8) is 0 Å². The Kier molecular flexibility index (Phi) is 10.1. The Bertz CT molecular complexity index is 1030. The number of hydrogen-bond donors (Lipinski definition) is 4. The first kappa shape index (κ1) is 28.5. The van der Waals surface area contributed by atoms with Crippen molar-refractivity contribution in [2.75, 3.05) is 36.7 Å². The first-order chi connectivity index (χ1) is 16.9. The van der Waals surface area contributed by atoms with Crippen molar-refractivity contribution in [3.05, 3.63) is 36.2 Å². The molecule has 0 saturated heterocycles. The van der Waals surface area contributed by atoms with Crippen molar-refractivity contribution in [2.45, 2.75) is 50.9 Å². The molecule has 1 fully saturated rings. The fourth-order valence-electron chi connectivity index (χ4n) is 3.50. The lowest BCUT2D eigenvalue weighted by Crippen LogP contribution is -2.42. The number of ether oxygens (including phenoxy) is 1. The lowest BCUT2D eigenvalue weighted by atomic mass is 9.91. The second-order valence-corrected chi connectivity index (χ2v) is 8.38. The normalized spacial score (nSPS) is 17.2. The number of amides is 2. The van der Waals surface area contributed by atoms with Crippen LogP contribution in [-0.2, 0) is 4.79 Å². The Hall–Kier alpha value is -3.77. The highest BCUT2D eigenvalue weighted by Gasteiger charge is 2.38. The number of methoxy groups -OCH3 is 1. The standard InChI is InChI=1S/C21H30N6O2.C2HF3O2/c1-14-22-19(13-20(23-14)27(2)3)24-15-8-10-16(11-9-15)25-21(28)26-17-6-5-7-18(12-17)29-4;3-2(4,5)1(6)7/h5-7,12-13,15-16H,8-11H2,1-4H3,(H,22,23,24)(H2,25,26,28);(H,6,7). The first-order valence-electron chi connectivity index (χ1n) is 11.2. The van der Waals surface area contributed by atoms with Crippen LogP contribution in [0.4, 0.5) is 35.3 Å². The van der Waals surface area contributed by atoms with Crippen LogP contribution in [0, 0.1) is 6.92 Å². The molecule has 0 atom stereocenters. The molecule has 1 aliphatic carbocycles. The van der Waals surface area contributed by atoms with E-state index in [1.807, 2.05) is 50.2 Å². The van der Waals surface area contributed by atoms with Crippen molar-refractivity contribution < 1.29 is 32.6 Å². The molecule has 1 aromatic heterocycles. The Balaban J connectivity index is 0.000000572. The summed E-state index contributed by atoms with van der Waals surface area (Å²) in [4.78, 5) is 32.1. The van der Waals surface area contributed by atoms with Crippen LogP contribution in [0.15, 0.2) is 30.3 Å². The van der Waals surface area contributed by atoms with E-state index < -0.39 is 12.1 Å². The molecular weight excluding hydrogens is 481 g/mol. The summed E-state index contributed by atoms with van der Waals surface area (Å²) in [6.07, 6.45) is -1.28. The molecule has 0 radical (unpaired) electrons. The van der Waals surface area contributed by atoms with Crippen molar-refractivity contribution in [1.82, 2.24) is 15.3 Å². The predicted octanol–water partition coefficient (Wildman–Crippen LogP) is 4.04. The summed E-state index contributed by atoms with van der Waals surface area (Å²) in [6, 6.07) is 9.64. The second-order valence-electron chi connectivity index (χ2n) is 8.38. The van der Waals surface area contributed by atoms with Gasteiger partial charge in [-0.1, -0.05) is 6.07 Å². The minimum absolute atomic E-state index is 0.170. The molecule has 3 rings (SSSR count). The van der Waals surface area contributed by atoms with Gasteiger partial charge in [0.15, 0.2) is 0 Å². The molecule has 1 aliphatic rings. The van der Waals surface area contributed by atoms with E-state index in [4.69, 9.17) is 14.6 Å². The highest BCUT2D eigenvalue weighted by atomic mass is 19.4. The number of aromatic nitrogens is 2. The number of anilines is 3. The smallest absolute Gasteiger partial charge is 0.490 e. The van der Waals surface area contributed by atoms with E-state index in [0.29, 0.717) is 17.5 Å². The lowest BCUT2D eigenvalue weighted by Gasteiger charge is -2.30. The Morgan fingerprint density at radius 3 is 2.25 bits per heavy atom. The quantitative estimate of drug-likeness (QED) is 0.457. The molecule has 1 saturated carbocycles. The molecule has 0 bridgehead atoms. The maximum atomic E-state index is 12.3. The number of aryl methyl sites for hydroxylation is 1. The topological polar surface area (TPSA) is 129 Å². The van der Waals surface area contributed by atoms with Crippen LogP contribution in [0.2, 0.25) is 0 Å². The summed E-state index contributed by atoms with van der Waals surface area (Å²) in [5.41, 5.74) is 0.716. The summed E-state index contributed by atoms with van der Waals surface area (Å²) in [5.74, 6) is 0.459. The number of hydrogen-bond acceptors (Lipinski definition) is 7. The molecule has 10 nitrogen and oxygen atoms in total. The van der Waals surface area contributed by atoms with Crippen LogP contribution >= 0.6 is 0 Å². The molecule has 1 heterocycles. The minimum Gasteiger partial charge on any atom is -0.497 e. The van der Waals surface area contributed by atoms with Gasteiger partial charge in [0.25, 0.3) is 0 Å². The minimum atomic E-state index is -5.08. The van der Waals surface area contributed by atoms with Gasteiger partial charge in [0.1, 0.15) is 23.2 Å². The van der Waals surface area contributed by atoms with Crippen LogP contribution in [0.5, 0.6) is 5.75 Å². The maximum Gasteiger partial charge on any atom is 0.490 e. The van der Waals surface area contributed by atoms with Gasteiger partial charge in [-0.15, -0.1) is 0 Å². The van der Waals surface area contributed by atoms with E-state index in [9.17, 15) is 18.0 Å². The molecule has 1 aromatic carbocycles. The average Bonchev–Trinajstić information content (AvgIpc) is 2.80. The average molecular weight is 513 g/mol. The lowest BCUT2D eigenvalue weighted by molar-refractivity contribution is -0.192. The predicted molar refractivity (Wildman–Crippen MR) is 130 cm³/mol. The third kappa shape index (κ3) is 9.47. The fourth-order valence-corrected chi connectivity index (χ4v) is 3.50. The number of carboxylic acid groups (broad SMARTS) is 1. The monoisotopic (exact) mass is 512 g/mol. The number of carboxylic acids is 1. The Labute approximate surface area is 207 Å². The summed E-state index contributed by atoms with van der Waals surface area (Å²) >= 11 is 0. The number of rotatable bonds is 6. The molecule has 2 amide bonds. The van der Waals surface area contributed by atoms with Gasteiger partial charge < -0.3 is 30.7 Å². The number of nitrogens with one attached hydrogen (secondary N) is 3. The van der Waals surface area contributed by atoms with E-state index >= 15 is 0 Å². The van der Waals surface area contributed by atoms with Crippen molar-refractivity contribution >= 4 is 29.3 Å². The molecule has 198 valence electrons. The number of aliphatic carboxylic acids is 1. The highest BCUT2D eigenvalue weighted by Crippen LogP contribution is 2.23. The third-order valence-corrected chi connectivity index (χ3v) is 5.27.